The maximum Gasteiger partial charge on any atom is 0.170 e. The molecule has 1 N–H and O–H groups in total. The van der Waals surface area contributed by atoms with E-state index in [9.17, 15) is 0 Å². The summed E-state index contributed by atoms with van der Waals surface area (Å²) in [5.41, 5.74) is 0.415. The van der Waals surface area contributed by atoms with E-state index in [1.165, 1.54) is 30.8 Å². The minimum absolute atomic E-state index is 0.415. The van der Waals surface area contributed by atoms with Crippen LogP contribution in [0.5, 0.6) is 0 Å². The monoisotopic (exact) mass is 285 g/mol. The summed E-state index contributed by atoms with van der Waals surface area (Å²) < 4.78 is 5.20. The first-order chi connectivity index (χ1) is 8.50. The topological polar surface area (TPSA) is 37.8 Å². The van der Waals surface area contributed by atoms with Crippen molar-refractivity contribution in [3.63, 3.8) is 0 Å². The second-order valence-electron chi connectivity index (χ2n) is 6.13. The van der Waals surface area contributed by atoms with Crippen molar-refractivity contribution in [1.82, 2.24) is 14.7 Å². The largest absolute Gasteiger partial charge is 0.316 e. The molecule has 1 aromatic heterocycles. The first-order valence-corrected chi connectivity index (χ1v) is 8.26. The number of nitrogens with one attached hydrogen (secondary N) is 1. The number of aromatic nitrogens is 2. The molecule has 0 aromatic carbocycles. The van der Waals surface area contributed by atoms with E-state index in [2.05, 4.69) is 42.5 Å². The molecule has 0 saturated heterocycles. The Kier molecular flexibility index (Phi) is 4.67. The van der Waals surface area contributed by atoms with Gasteiger partial charge in [0, 0.05) is 11.3 Å². The lowest BCUT2D eigenvalue weighted by Gasteiger charge is -2.41. The lowest BCUT2D eigenvalue weighted by atomic mass is 9.71. The van der Waals surface area contributed by atoms with Crippen molar-refractivity contribution in [2.75, 3.05) is 7.05 Å². The molecule has 102 valence electrons. The summed E-state index contributed by atoms with van der Waals surface area (Å²) in [7, 11) is 2.08. The molecule has 1 fully saturated rings. The van der Waals surface area contributed by atoms with E-state index in [1.54, 1.807) is 6.33 Å². The lowest BCUT2D eigenvalue weighted by Crippen LogP contribution is -2.43. The van der Waals surface area contributed by atoms with Gasteiger partial charge in [-0.1, -0.05) is 32.5 Å². The summed E-state index contributed by atoms with van der Waals surface area (Å²) in [6.07, 6.45) is 5.54. The third-order valence-corrected chi connectivity index (χ3v) is 6.08. The number of hydrogen-bond acceptors (Lipinski definition) is 5. The molecule has 1 heterocycles. The quantitative estimate of drug-likeness (QED) is 0.923. The Morgan fingerprint density at radius 1 is 1.39 bits per heavy atom. The van der Waals surface area contributed by atoms with Crippen molar-refractivity contribution in [2.24, 2.45) is 11.3 Å². The van der Waals surface area contributed by atoms with Crippen LogP contribution >= 0.6 is 23.3 Å². The molecule has 0 amide bonds. The molecule has 5 heteroatoms. The van der Waals surface area contributed by atoms with Crippen LogP contribution in [-0.2, 0) is 0 Å². The third kappa shape index (κ3) is 3.45. The lowest BCUT2D eigenvalue weighted by molar-refractivity contribution is 0.167. The standard InChI is InChI=1S/C13H23N3S2/c1-13(2,3)9-5-6-10(14-4)11(7-9)17-12-15-8-16-18-12/h8-11,14H,5-7H2,1-4H3. The van der Waals surface area contributed by atoms with Crippen LogP contribution in [-0.4, -0.2) is 27.7 Å². The summed E-state index contributed by atoms with van der Waals surface area (Å²) in [6.45, 7) is 7.10. The van der Waals surface area contributed by atoms with Gasteiger partial charge in [0.2, 0.25) is 0 Å². The Morgan fingerprint density at radius 3 is 2.72 bits per heavy atom. The summed E-state index contributed by atoms with van der Waals surface area (Å²) in [5, 5.41) is 4.10. The normalized spacial score (nSPS) is 29.4. The summed E-state index contributed by atoms with van der Waals surface area (Å²) in [4.78, 5) is 4.31. The summed E-state index contributed by atoms with van der Waals surface area (Å²) in [5.74, 6) is 0.813. The fourth-order valence-electron chi connectivity index (χ4n) is 2.72. The highest BCUT2D eigenvalue weighted by Gasteiger charge is 2.36. The van der Waals surface area contributed by atoms with Crippen LogP contribution in [0, 0.1) is 11.3 Å². The second kappa shape index (κ2) is 5.88. The Hall–Kier alpha value is -0.130. The molecule has 0 bridgehead atoms. The molecule has 0 radical (unpaired) electrons. The number of hydrogen-bond donors (Lipinski definition) is 1. The fourth-order valence-corrected chi connectivity index (χ4v) is 4.80. The zero-order valence-corrected chi connectivity index (χ0v) is 13.3. The molecule has 2 rings (SSSR count). The molecular weight excluding hydrogens is 262 g/mol. The van der Waals surface area contributed by atoms with Gasteiger partial charge in [-0.05, 0) is 49.2 Å². The second-order valence-corrected chi connectivity index (χ2v) is 8.40. The molecule has 1 saturated carbocycles. The van der Waals surface area contributed by atoms with Crippen LogP contribution in [0.15, 0.2) is 10.7 Å². The van der Waals surface area contributed by atoms with Crippen LogP contribution in [0.3, 0.4) is 0 Å². The number of rotatable bonds is 3. The zero-order valence-electron chi connectivity index (χ0n) is 11.6. The minimum Gasteiger partial charge on any atom is -0.316 e. The van der Waals surface area contributed by atoms with E-state index in [1.807, 2.05) is 11.8 Å². The van der Waals surface area contributed by atoms with E-state index in [0.717, 1.165) is 10.3 Å². The van der Waals surface area contributed by atoms with Crippen molar-refractivity contribution in [2.45, 2.75) is 55.7 Å². The van der Waals surface area contributed by atoms with Crippen molar-refractivity contribution >= 4 is 23.3 Å². The van der Waals surface area contributed by atoms with E-state index < -0.39 is 0 Å². The molecule has 0 aliphatic heterocycles. The summed E-state index contributed by atoms with van der Waals surface area (Å²) >= 11 is 3.42. The van der Waals surface area contributed by atoms with Crippen molar-refractivity contribution in [1.29, 1.82) is 0 Å². The SMILES string of the molecule is CNC1CCC(C(C)(C)C)CC1Sc1ncns1. The Balaban J connectivity index is 2.04. The van der Waals surface area contributed by atoms with Crippen molar-refractivity contribution in [3.05, 3.63) is 6.33 Å². The zero-order chi connectivity index (χ0) is 13.2. The Bertz CT molecular complexity index is 359. The molecule has 0 spiro atoms. The van der Waals surface area contributed by atoms with Crippen LogP contribution in [0.25, 0.3) is 0 Å². The van der Waals surface area contributed by atoms with Gasteiger partial charge in [-0.3, -0.25) is 0 Å². The highest BCUT2D eigenvalue weighted by molar-refractivity contribution is 8.01. The van der Waals surface area contributed by atoms with Crippen molar-refractivity contribution in [3.8, 4) is 0 Å². The van der Waals surface area contributed by atoms with E-state index >= 15 is 0 Å². The first-order valence-electron chi connectivity index (χ1n) is 6.61. The molecule has 1 aliphatic rings. The van der Waals surface area contributed by atoms with Crippen LogP contribution in [0.2, 0.25) is 0 Å². The average molecular weight is 285 g/mol. The van der Waals surface area contributed by atoms with Gasteiger partial charge in [0.05, 0.1) is 0 Å². The third-order valence-electron chi connectivity index (χ3n) is 3.98. The van der Waals surface area contributed by atoms with Crippen LogP contribution in [0.1, 0.15) is 40.0 Å². The first kappa shape index (κ1) is 14.3. The molecular formula is C13H23N3S2. The number of nitrogens with zero attached hydrogens (tertiary/aromatic N) is 2. The van der Waals surface area contributed by atoms with Gasteiger partial charge in [-0.25, -0.2) is 4.98 Å². The van der Waals surface area contributed by atoms with Gasteiger partial charge in [-0.2, -0.15) is 4.37 Å². The van der Waals surface area contributed by atoms with Crippen molar-refractivity contribution < 1.29 is 0 Å². The van der Waals surface area contributed by atoms with E-state index in [-0.39, 0.29) is 0 Å². The van der Waals surface area contributed by atoms with Gasteiger partial charge in [0.1, 0.15) is 6.33 Å². The maximum atomic E-state index is 4.31. The van der Waals surface area contributed by atoms with Crippen LogP contribution in [0.4, 0.5) is 0 Å². The fraction of sp³-hybridized carbons (Fsp3) is 0.846. The summed E-state index contributed by atoms with van der Waals surface area (Å²) in [6, 6.07) is 0.609. The predicted molar refractivity (Wildman–Crippen MR) is 79.2 cm³/mol. The number of thioether (sulfide) groups is 1. The van der Waals surface area contributed by atoms with E-state index in [4.69, 9.17) is 0 Å². The molecule has 3 nitrogen and oxygen atoms in total. The van der Waals surface area contributed by atoms with Crippen LogP contribution < -0.4 is 5.32 Å². The van der Waals surface area contributed by atoms with Gasteiger partial charge < -0.3 is 5.32 Å². The highest BCUT2D eigenvalue weighted by Crippen LogP contribution is 2.43. The highest BCUT2D eigenvalue weighted by atomic mass is 32.2. The van der Waals surface area contributed by atoms with Gasteiger partial charge in [0.25, 0.3) is 0 Å². The average Bonchev–Trinajstić information content (AvgIpc) is 2.80. The van der Waals surface area contributed by atoms with Gasteiger partial charge in [0.15, 0.2) is 4.34 Å². The molecule has 3 unspecified atom stereocenters. The molecule has 1 aliphatic carbocycles. The van der Waals surface area contributed by atoms with Gasteiger partial charge >= 0.3 is 0 Å². The minimum atomic E-state index is 0.415. The van der Waals surface area contributed by atoms with Gasteiger partial charge in [-0.15, -0.1) is 0 Å². The molecule has 3 atom stereocenters. The van der Waals surface area contributed by atoms with E-state index in [0.29, 0.717) is 16.7 Å². The molecule has 1 aromatic rings. The predicted octanol–water partition coefficient (Wildman–Crippen LogP) is 3.43. The molecule has 18 heavy (non-hydrogen) atoms. The maximum absolute atomic E-state index is 4.31. The smallest absolute Gasteiger partial charge is 0.170 e. The Labute approximate surface area is 118 Å². The Morgan fingerprint density at radius 2 is 2.17 bits per heavy atom.